The minimum Gasteiger partial charge on any atom is -0.406 e. The minimum absolute atomic E-state index is 0.111. The van der Waals surface area contributed by atoms with Crippen molar-refractivity contribution in [3.63, 3.8) is 0 Å². The van der Waals surface area contributed by atoms with Crippen LogP contribution in [0.4, 0.5) is 5.69 Å². The van der Waals surface area contributed by atoms with Gasteiger partial charge < -0.3 is 15.5 Å². The number of carbonyl (C=O) groups excluding carboxylic acids is 2. The maximum absolute atomic E-state index is 12.8. The molecule has 3 aliphatic heterocycles. The number of anilines is 1. The Hall–Kier alpha value is -1.99. The number of amides is 2. The van der Waals surface area contributed by atoms with Crippen molar-refractivity contribution in [1.82, 2.24) is 10.4 Å². The SMILES string of the molecule is CC1=CC2NC(=O)CSC3(C(=O)Nc4ccc(C)cc43)N2O1. The lowest BCUT2D eigenvalue weighted by molar-refractivity contribution is -0.176. The molecule has 0 bridgehead atoms. The summed E-state index contributed by atoms with van der Waals surface area (Å²) in [5, 5.41) is 7.38. The Morgan fingerprint density at radius 3 is 3.00 bits per heavy atom. The number of hydrogen-bond donors (Lipinski definition) is 2. The summed E-state index contributed by atoms with van der Waals surface area (Å²) in [5.74, 6) is 0.577. The molecule has 3 heterocycles. The van der Waals surface area contributed by atoms with E-state index in [2.05, 4.69) is 10.6 Å². The Morgan fingerprint density at radius 2 is 2.18 bits per heavy atom. The molecule has 2 atom stereocenters. The fourth-order valence-electron chi connectivity index (χ4n) is 3.07. The van der Waals surface area contributed by atoms with Gasteiger partial charge in [0.1, 0.15) is 11.9 Å². The van der Waals surface area contributed by atoms with Crippen molar-refractivity contribution >= 4 is 29.3 Å². The summed E-state index contributed by atoms with van der Waals surface area (Å²) in [4.78, 5) is 29.5. The van der Waals surface area contributed by atoms with E-state index in [0.717, 1.165) is 16.8 Å². The molecule has 1 aromatic rings. The Balaban J connectivity index is 1.91. The topological polar surface area (TPSA) is 70.7 Å². The van der Waals surface area contributed by atoms with E-state index >= 15 is 0 Å². The zero-order chi connectivity index (χ0) is 15.5. The number of hydrogen-bond acceptors (Lipinski definition) is 5. The highest BCUT2D eigenvalue weighted by atomic mass is 32.2. The fourth-order valence-corrected chi connectivity index (χ4v) is 4.28. The number of carbonyl (C=O) groups is 2. The molecule has 22 heavy (non-hydrogen) atoms. The summed E-state index contributed by atoms with van der Waals surface area (Å²) in [6.07, 6.45) is 1.37. The van der Waals surface area contributed by atoms with Crippen molar-refractivity contribution in [1.29, 1.82) is 0 Å². The van der Waals surface area contributed by atoms with Gasteiger partial charge in [0, 0.05) is 11.3 Å². The van der Waals surface area contributed by atoms with Gasteiger partial charge in [0.2, 0.25) is 10.8 Å². The average molecular weight is 317 g/mol. The van der Waals surface area contributed by atoms with Gasteiger partial charge in [-0.05, 0) is 26.0 Å². The monoisotopic (exact) mass is 317 g/mol. The number of thioether (sulfide) groups is 1. The molecule has 0 aromatic heterocycles. The molecule has 2 amide bonds. The number of aryl methyl sites for hydroxylation is 1. The largest absolute Gasteiger partial charge is 0.406 e. The first-order chi connectivity index (χ1) is 10.5. The predicted molar refractivity (Wildman–Crippen MR) is 82.6 cm³/mol. The average Bonchev–Trinajstić information content (AvgIpc) is 2.90. The lowest BCUT2D eigenvalue weighted by atomic mass is 10.0. The van der Waals surface area contributed by atoms with Crippen molar-refractivity contribution in [2.75, 3.05) is 11.1 Å². The summed E-state index contributed by atoms with van der Waals surface area (Å²) in [5.41, 5.74) is 2.66. The van der Waals surface area contributed by atoms with Crippen molar-refractivity contribution in [3.8, 4) is 0 Å². The van der Waals surface area contributed by atoms with E-state index in [1.54, 1.807) is 5.06 Å². The van der Waals surface area contributed by atoms with Crippen molar-refractivity contribution in [2.24, 2.45) is 0 Å². The number of fused-ring (bicyclic) bond motifs is 4. The molecular weight excluding hydrogens is 302 g/mol. The molecule has 7 heteroatoms. The van der Waals surface area contributed by atoms with Crippen LogP contribution in [-0.2, 0) is 19.3 Å². The van der Waals surface area contributed by atoms with Gasteiger partial charge >= 0.3 is 0 Å². The molecule has 2 unspecified atom stereocenters. The quantitative estimate of drug-likeness (QED) is 0.758. The predicted octanol–water partition coefficient (Wildman–Crippen LogP) is 1.44. The van der Waals surface area contributed by atoms with Gasteiger partial charge in [-0.3, -0.25) is 9.59 Å². The molecule has 114 valence electrons. The van der Waals surface area contributed by atoms with Crippen LogP contribution in [-0.4, -0.2) is 28.8 Å². The van der Waals surface area contributed by atoms with Crippen molar-refractivity contribution < 1.29 is 14.4 Å². The first-order valence-corrected chi connectivity index (χ1v) is 8.01. The van der Waals surface area contributed by atoms with Crippen molar-refractivity contribution in [3.05, 3.63) is 41.2 Å². The summed E-state index contributed by atoms with van der Waals surface area (Å²) in [6.45, 7) is 3.79. The second-order valence-electron chi connectivity index (χ2n) is 5.64. The van der Waals surface area contributed by atoms with Crippen molar-refractivity contribution in [2.45, 2.75) is 24.9 Å². The minimum atomic E-state index is -1.06. The molecule has 0 aliphatic carbocycles. The molecule has 0 saturated carbocycles. The van der Waals surface area contributed by atoms with Crippen LogP contribution in [0.3, 0.4) is 0 Å². The Labute approximate surface area is 131 Å². The third-order valence-electron chi connectivity index (χ3n) is 4.02. The van der Waals surface area contributed by atoms with E-state index in [-0.39, 0.29) is 17.6 Å². The molecule has 1 spiro atoms. The number of nitrogens with one attached hydrogen (secondary N) is 2. The number of rotatable bonds is 0. The van der Waals surface area contributed by atoms with Crippen LogP contribution in [0, 0.1) is 6.92 Å². The molecule has 1 saturated heterocycles. The second-order valence-corrected chi connectivity index (χ2v) is 6.81. The number of nitrogens with zero attached hydrogens (tertiary/aromatic N) is 1. The van der Waals surface area contributed by atoms with Crippen LogP contribution < -0.4 is 10.6 Å². The van der Waals surface area contributed by atoms with Crippen LogP contribution in [0.25, 0.3) is 0 Å². The second kappa shape index (κ2) is 4.50. The number of benzene rings is 1. The lowest BCUT2D eigenvalue weighted by Crippen LogP contribution is -2.53. The number of hydroxylamine groups is 2. The maximum Gasteiger partial charge on any atom is 0.263 e. The lowest BCUT2D eigenvalue weighted by Gasteiger charge is -2.35. The molecule has 2 N–H and O–H groups in total. The van der Waals surface area contributed by atoms with Gasteiger partial charge in [-0.1, -0.05) is 22.8 Å². The van der Waals surface area contributed by atoms with Gasteiger partial charge in [-0.25, -0.2) is 0 Å². The molecule has 1 fully saturated rings. The summed E-state index contributed by atoms with van der Waals surface area (Å²) < 4.78 is 0. The Kier molecular flexibility index (Phi) is 2.79. The maximum atomic E-state index is 12.8. The van der Waals surface area contributed by atoms with E-state index < -0.39 is 11.0 Å². The van der Waals surface area contributed by atoms with Crippen LogP contribution in [0.2, 0.25) is 0 Å². The van der Waals surface area contributed by atoms with Crippen LogP contribution in [0.5, 0.6) is 0 Å². The summed E-state index contributed by atoms with van der Waals surface area (Å²) in [6, 6.07) is 5.82. The highest BCUT2D eigenvalue weighted by molar-refractivity contribution is 8.01. The smallest absolute Gasteiger partial charge is 0.263 e. The van der Waals surface area contributed by atoms with Gasteiger partial charge in [-0.15, -0.1) is 11.8 Å². The third kappa shape index (κ3) is 1.72. The van der Waals surface area contributed by atoms with E-state index in [0.29, 0.717) is 5.76 Å². The van der Waals surface area contributed by atoms with E-state index in [9.17, 15) is 9.59 Å². The normalized spacial score (nSPS) is 30.1. The van der Waals surface area contributed by atoms with Crippen LogP contribution >= 0.6 is 11.8 Å². The van der Waals surface area contributed by atoms with Crippen LogP contribution in [0.1, 0.15) is 18.1 Å². The van der Waals surface area contributed by atoms with E-state index in [1.165, 1.54) is 11.8 Å². The molecule has 0 radical (unpaired) electrons. The van der Waals surface area contributed by atoms with E-state index in [1.807, 2.05) is 38.1 Å². The zero-order valence-electron chi connectivity index (χ0n) is 12.2. The van der Waals surface area contributed by atoms with E-state index in [4.69, 9.17) is 4.84 Å². The van der Waals surface area contributed by atoms with Gasteiger partial charge in [0.25, 0.3) is 5.91 Å². The van der Waals surface area contributed by atoms with Gasteiger partial charge in [0.15, 0.2) is 0 Å². The molecule has 1 aromatic carbocycles. The Bertz CT molecular complexity index is 733. The fraction of sp³-hybridized carbons (Fsp3) is 0.333. The molecule has 3 aliphatic rings. The van der Waals surface area contributed by atoms with Gasteiger partial charge in [0.05, 0.1) is 5.75 Å². The van der Waals surface area contributed by atoms with Crippen LogP contribution in [0.15, 0.2) is 30.0 Å². The molecule has 4 rings (SSSR count). The molecular formula is C15H15N3O3S. The highest BCUT2D eigenvalue weighted by Crippen LogP contribution is 2.51. The standard InChI is InChI=1S/C15H15N3O3S/c1-8-3-4-11-10(5-8)15(14(20)16-11)18-12(6-9(2)21-18)17-13(19)7-22-15/h3-6,12H,7H2,1-2H3,(H,16,20)(H,17,19). The zero-order valence-corrected chi connectivity index (χ0v) is 13.0. The Morgan fingerprint density at radius 1 is 1.36 bits per heavy atom. The summed E-state index contributed by atoms with van der Waals surface area (Å²) in [7, 11) is 0. The summed E-state index contributed by atoms with van der Waals surface area (Å²) >= 11 is 1.28. The number of allylic oxidation sites excluding steroid dienone is 1. The van der Waals surface area contributed by atoms with Gasteiger partial charge in [-0.2, -0.15) is 0 Å². The third-order valence-corrected chi connectivity index (χ3v) is 5.42. The first-order valence-electron chi connectivity index (χ1n) is 7.02. The first kappa shape index (κ1) is 13.7. The highest BCUT2D eigenvalue weighted by Gasteiger charge is 2.58. The molecule has 6 nitrogen and oxygen atoms in total.